The Morgan fingerprint density at radius 1 is 1.45 bits per heavy atom. The highest BCUT2D eigenvalue weighted by atomic mass is 19.4. The van der Waals surface area contributed by atoms with E-state index in [-0.39, 0.29) is 11.7 Å². The summed E-state index contributed by atoms with van der Waals surface area (Å²) in [7, 11) is 0. The lowest BCUT2D eigenvalue weighted by molar-refractivity contribution is -0.136. The van der Waals surface area contributed by atoms with Gasteiger partial charge in [-0.05, 0) is 19.1 Å². The molecule has 0 spiro atoms. The predicted octanol–water partition coefficient (Wildman–Crippen LogP) is 2.15. The first kappa shape index (κ1) is 14.6. The monoisotopic (exact) mass is 288 g/mol. The predicted molar refractivity (Wildman–Crippen MR) is 67.2 cm³/mol. The third-order valence-electron chi connectivity index (χ3n) is 3.17. The van der Waals surface area contributed by atoms with E-state index in [1.165, 1.54) is 17.0 Å². The molecule has 7 heteroatoms. The Morgan fingerprint density at radius 2 is 2.15 bits per heavy atom. The van der Waals surface area contributed by atoms with Crippen LogP contribution in [0, 0.1) is 0 Å². The molecule has 1 aliphatic heterocycles. The Morgan fingerprint density at radius 3 is 2.75 bits per heavy atom. The summed E-state index contributed by atoms with van der Waals surface area (Å²) >= 11 is 0. The first-order valence-corrected chi connectivity index (χ1v) is 6.17. The molecule has 2 rings (SSSR count). The van der Waals surface area contributed by atoms with E-state index >= 15 is 0 Å². The first-order chi connectivity index (χ1) is 9.30. The summed E-state index contributed by atoms with van der Waals surface area (Å²) in [6.07, 6.45) is -4.71. The van der Waals surface area contributed by atoms with Gasteiger partial charge in [-0.15, -0.1) is 0 Å². The van der Waals surface area contributed by atoms with Crippen molar-refractivity contribution in [2.45, 2.75) is 19.2 Å². The minimum Gasteiger partial charge on any atom is -0.398 e. The van der Waals surface area contributed by atoms with Crippen molar-refractivity contribution < 1.29 is 22.7 Å². The second-order valence-corrected chi connectivity index (χ2v) is 4.70. The molecule has 0 bridgehead atoms. The Kier molecular flexibility index (Phi) is 3.89. The van der Waals surface area contributed by atoms with Gasteiger partial charge in [-0.3, -0.25) is 4.79 Å². The maximum atomic E-state index is 12.8. The van der Waals surface area contributed by atoms with Crippen LogP contribution in [0.5, 0.6) is 0 Å². The molecule has 0 aromatic heterocycles. The van der Waals surface area contributed by atoms with Gasteiger partial charge in [0.05, 0.1) is 29.5 Å². The average molecular weight is 288 g/mol. The van der Waals surface area contributed by atoms with Gasteiger partial charge >= 0.3 is 6.18 Å². The minimum absolute atomic E-state index is 0.117. The number of hydrogen-bond acceptors (Lipinski definition) is 3. The molecule has 0 radical (unpaired) electrons. The van der Waals surface area contributed by atoms with E-state index in [1.54, 1.807) is 6.92 Å². The molecule has 1 atom stereocenters. The van der Waals surface area contributed by atoms with Crippen LogP contribution in [0.15, 0.2) is 18.2 Å². The fraction of sp³-hybridized carbons (Fsp3) is 0.462. The number of nitrogen functional groups attached to an aromatic ring is 1. The molecule has 1 amide bonds. The fourth-order valence-corrected chi connectivity index (χ4v) is 2.17. The SMILES string of the molecule is CC1CN(C(=O)c2cccc(C(F)(F)F)c2N)CCO1. The van der Waals surface area contributed by atoms with Crippen LogP contribution in [-0.4, -0.2) is 36.6 Å². The number of rotatable bonds is 1. The van der Waals surface area contributed by atoms with Gasteiger partial charge in [0.15, 0.2) is 0 Å². The van der Waals surface area contributed by atoms with Crippen LogP contribution < -0.4 is 5.73 Å². The summed E-state index contributed by atoms with van der Waals surface area (Å²) in [4.78, 5) is 13.7. The second-order valence-electron chi connectivity index (χ2n) is 4.70. The molecule has 1 fully saturated rings. The van der Waals surface area contributed by atoms with E-state index in [4.69, 9.17) is 10.5 Å². The molecule has 1 unspecified atom stereocenters. The number of morpholine rings is 1. The van der Waals surface area contributed by atoms with Crippen LogP contribution in [0.25, 0.3) is 0 Å². The number of nitrogens with two attached hydrogens (primary N) is 1. The van der Waals surface area contributed by atoms with E-state index in [1.807, 2.05) is 0 Å². The van der Waals surface area contributed by atoms with E-state index in [9.17, 15) is 18.0 Å². The van der Waals surface area contributed by atoms with Crippen molar-refractivity contribution in [1.82, 2.24) is 4.90 Å². The Bertz CT molecular complexity index is 517. The quantitative estimate of drug-likeness (QED) is 0.806. The summed E-state index contributed by atoms with van der Waals surface area (Å²) in [5.41, 5.74) is 3.89. The number of carbonyl (C=O) groups excluding carboxylic acids is 1. The molecule has 0 saturated carbocycles. The van der Waals surface area contributed by atoms with Crippen LogP contribution >= 0.6 is 0 Å². The van der Waals surface area contributed by atoms with Gasteiger partial charge in [0.2, 0.25) is 0 Å². The van der Waals surface area contributed by atoms with E-state index < -0.39 is 23.3 Å². The van der Waals surface area contributed by atoms with E-state index in [0.717, 1.165) is 6.07 Å². The Hall–Kier alpha value is -1.76. The number of carbonyl (C=O) groups is 1. The number of para-hydroxylation sites is 1. The summed E-state index contributed by atoms with van der Waals surface area (Å²) in [6.45, 7) is 2.86. The topological polar surface area (TPSA) is 55.6 Å². The normalized spacial score (nSPS) is 20.0. The van der Waals surface area contributed by atoms with Crippen molar-refractivity contribution in [3.8, 4) is 0 Å². The molecule has 1 aromatic carbocycles. The number of ether oxygens (including phenoxy) is 1. The van der Waals surface area contributed by atoms with Gasteiger partial charge in [0, 0.05) is 13.1 Å². The smallest absolute Gasteiger partial charge is 0.398 e. The third kappa shape index (κ3) is 2.87. The Balaban J connectivity index is 2.31. The molecular formula is C13H15F3N2O2. The van der Waals surface area contributed by atoms with Crippen LogP contribution in [0.2, 0.25) is 0 Å². The van der Waals surface area contributed by atoms with Gasteiger partial charge in [-0.2, -0.15) is 13.2 Å². The van der Waals surface area contributed by atoms with Crippen molar-refractivity contribution >= 4 is 11.6 Å². The maximum absolute atomic E-state index is 12.8. The Labute approximate surface area is 114 Å². The number of alkyl halides is 3. The summed E-state index contributed by atoms with van der Waals surface area (Å²) in [5, 5.41) is 0. The third-order valence-corrected chi connectivity index (χ3v) is 3.17. The summed E-state index contributed by atoms with van der Waals surface area (Å²) < 4.78 is 43.6. The molecule has 1 aromatic rings. The molecule has 20 heavy (non-hydrogen) atoms. The highest BCUT2D eigenvalue weighted by molar-refractivity contribution is 5.99. The molecule has 2 N–H and O–H groups in total. The van der Waals surface area contributed by atoms with Crippen LogP contribution in [0.4, 0.5) is 18.9 Å². The van der Waals surface area contributed by atoms with Gasteiger partial charge in [-0.25, -0.2) is 0 Å². The molecule has 1 heterocycles. The van der Waals surface area contributed by atoms with Gasteiger partial charge in [0.25, 0.3) is 5.91 Å². The van der Waals surface area contributed by atoms with Gasteiger partial charge in [0.1, 0.15) is 0 Å². The number of benzene rings is 1. The van der Waals surface area contributed by atoms with Gasteiger partial charge in [-0.1, -0.05) is 6.07 Å². The maximum Gasteiger partial charge on any atom is 0.418 e. The lowest BCUT2D eigenvalue weighted by Gasteiger charge is -2.31. The molecule has 110 valence electrons. The van der Waals surface area contributed by atoms with Crippen molar-refractivity contribution in [1.29, 1.82) is 0 Å². The van der Waals surface area contributed by atoms with E-state index in [2.05, 4.69) is 0 Å². The lowest BCUT2D eigenvalue weighted by atomic mass is 10.1. The fourth-order valence-electron chi connectivity index (χ4n) is 2.17. The first-order valence-electron chi connectivity index (χ1n) is 6.17. The summed E-state index contributed by atoms with van der Waals surface area (Å²) in [6, 6.07) is 3.37. The van der Waals surface area contributed by atoms with Crippen LogP contribution in [0.1, 0.15) is 22.8 Å². The van der Waals surface area contributed by atoms with Gasteiger partial charge < -0.3 is 15.4 Å². The number of anilines is 1. The number of amides is 1. The largest absolute Gasteiger partial charge is 0.418 e. The standard InChI is InChI=1S/C13H15F3N2O2/c1-8-7-18(5-6-20-8)12(19)9-3-2-4-10(11(9)17)13(14,15)16/h2-4,8H,5-7,17H2,1H3. The average Bonchev–Trinajstić information content (AvgIpc) is 2.37. The second kappa shape index (κ2) is 5.32. The molecular weight excluding hydrogens is 273 g/mol. The zero-order valence-corrected chi connectivity index (χ0v) is 10.9. The van der Waals surface area contributed by atoms with Crippen LogP contribution in [0.3, 0.4) is 0 Å². The number of nitrogens with zero attached hydrogens (tertiary/aromatic N) is 1. The molecule has 0 aliphatic carbocycles. The highest BCUT2D eigenvalue weighted by Gasteiger charge is 2.35. The molecule has 1 aliphatic rings. The lowest BCUT2D eigenvalue weighted by Crippen LogP contribution is -2.44. The number of hydrogen-bond donors (Lipinski definition) is 1. The van der Waals surface area contributed by atoms with Crippen molar-refractivity contribution in [3.63, 3.8) is 0 Å². The zero-order valence-electron chi connectivity index (χ0n) is 10.9. The van der Waals surface area contributed by atoms with Crippen LogP contribution in [-0.2, 0) is 10.9 Å². The van der Waals surface area contributed by atoms with Crippen molar-refractivity contribution in [2.75, 3.05) is 25.4 Å². The van der Waals surface area contributed by atoms with Crippen molar-refractivity contribution in [3.05, 3.63) is 29.3 Å². The highest BCUT2D eigenvalue weighted by Crippen LogP contribution is 2.35. The minimum atomic E-state index is -4.57. The van der Waals surface area contributed by atoms with E-state index in [0.29, 0.717) is 19.7 Å². The molecule has 4 nitrogen and oxygen atoms in total. The number of halogens is 3. The molecule has 1 saturated heterocycles. The summed E-state index contributed by atoms with van der Waals surface area (Å²) in [5.74, 6) is -0.497. The zero-order chi connectivity index (χ0) is 14.9. The van der Waals surface area contributed by atoms with Crippen molar-refractivity contribution in [2.24, 2.45) is 0 Å².